The first-order valence-corrected chi connectivity index (χ1v) is 20.4. The molecule has 3 heterocycles. The number of carbonyl (C=O) groups excluding carboxylic acids is 1. The fourth-order valence-corrected chi connectivity index (χ4v) is 10.3. The standard InChI is InChI=1S/C37H55N5O4P.Tl/c1-7-26-12-8-9-13-27(18-26)41-28-16-17-29(41)20-30(19-28)42-32-15-11-10-14-31(32)39-34(35(42)43)33(40-45-23-24(2)22-38-6)25(3)21-37(4,5)36(44)46-47;/h8-11,14-15,24-30H,7,12-13,16-23,47H2,1-6H3;/q-1;+1/b40-33+;. The average molecular weight is 869 g/mol. The molecule has 9 nitrogen and oxygen atoms in total. The number of hydrogen-bond donors (Lipinski definition) is 0. The topological polar surface area (TPSA) is 89.3 Å². The fraction of sp³-hybridized carbons (Fsp3) is 0.676. The molecular formula is C37H55N5O4PTl. The van der Waals surface area contributed by atoms with Gasteiger partial charge in [0.15, 0.2) is 0 Å². The molecule has 11 heteroatoms. The van der Waals surface area contributed by atoms with Gasteiger partial charge < -0.3 is 0 Å². The van der Waals surface area contributed by atoms with Crippen LogP contribution in [0.15, 0.2) is 46.4 Å². The molecule has 0 radical (unpaired) electrons. The van der Waals surface area contributed by atoms with E-state index in [0.717, 1.165) is 68.8 Å². The Morgan fingerprint density at radius 2 is 1.79 bits per heavy atom. The first kappa shape index (κ1) is 37.6. The summed E-state index contributed by atoms with van der Waals surface area (Å²) in [6.45, 7) is 11.6. The number of aromatic nitrogens is 2. The van der Waals surface area contributed by atoms with Crippen molar-refractivity contribution >= 4 is 58.2 Å². The predicted molar refractivity (Wildman–Crippen MR) is 197 cm³/mol. The summed E-state index contributed by atoms with van der Waals surface area (Å²) < 4.78 is 9.37. The van der Waals surface area contributed by atoms with Crippen LogP contribution in [-0.2, 0) is 14.2 Å². The molecule has 7 unspecified atom stereocenters. The van der Waals surface area contributed by atoms with E-state index in [1.165, 1.54) is 32.1 Å². The van der Waals surface area contributed by atoms with Crippen LogP contribution in [0.2, 0.25) is 0 Å². The molecule has 0 N–H and O–H groups in total. The maximum absolute atomic E-state index is 14.8. The molecule has 2 fully saturated rings. The van der Waals surface area contributed by atoms with Gasteiger partial charge in [0, 0.05) is 18.1 Å². The Kier molecular flexibility index (Phi) is 13.0. The van der Waals surface area contributed by atoms with Gasteiger partial charge >= 0.3 is 205 Å². The van der Waals surface area contributed by atoms with Gasteiger partial charge in [-0.2, -0.15) is 0 Å². The monoisotopic (exact) mass is 869 g/mol. The Balaban J connectivity index is 1.51. The Labute approximate surface area is 305 Å². The van der Waals surface area contributed by atoms with Crippen molar-refractivity contribution in [3.05, 3.63) is 52.5 Å². The summed E-state index contributed by atoms with van der Waals surface area (Å²) in [5.74, 6) is 0.412. The van der Waals surface area contributed by atoms with Gasteiger partial charge in [0.05, 0.1) is 9.47 Å². The van der Waals surface area contributed by atoms with Gasteiger partial charge in [-0.25, -0.2) is 0 Å². The summed E-state index contributed by atoms with van der Waals surface area (Å²) in [6, 6.07) is 9.61. The normalized spacial score (nSPS) is 26.4. The summed E-state index contributed by atoms with van der Waals surface area (Å²) in [7, 11) is 4.17. The van der Waals surface area contributed by atoms with E-state index in [-0.39, 0.29) is 29.4 Å². The van der Waals surface area contributed by atoms with E-state index < -0.39 is 5.41 Å². The van der Waals surface area contributed by atoms with Crippen LogP contribution in [0.1, 0.15) is 104 Å². The van der Waals surface area contributed by atoms with Crippen LogP contribution in [0.5, 0.6) is 0 Å². The molecule has 2 bridgehead atoms. The van der Waals surface area contributed by atoms with Gasteiger partial charge in [-0.15, -0.1) is 0 Å². The summed E-state index contributed by atoms with van der Waals surface area (Å²) in [4.78, 5) is 41.3. The minimum Gasteiger partial charge on any atom is -0.0341 e. The number of oxime groups is 1. The molecule has 0 saturated carbocycles. The van der Waals surface area contributed by atoms with Crippen molar-refractivity contribution in [3.8, 4) is 0 Å². The summed E-state index contributed by atoms with van der Waals surface area (Å²) in [5, 5.41) is 4.67. The van der Waals surface area contributed by atoms with E-state index in [2.05, 4.69) is 55.3 Å². The first-order valence-electron chi connectivity index (χ1n) is 17.9. The van der Waals surface area contributed by atoms with Crippen LogP contribution in [0.4, 0.5) is 0 Å². The minimum absolute atomic E-state index is 0.0762. The Hall–Kier alpha value is -1.69. The molecule has 1 aliphatic carbocycles. The molecule has 0 spiro atoms. The van der Waals surface area contributed by atoms with Crippen molar-refractivity contribution in [1.29, 1.82) is 0 Å². The van der Waals surface area contributed by atoms with E-state index in [1.807, 2.05) is 49.6 Å². The molecule has 260 valence electrons. The van der Waals surface area contributed by atoms with Crippen LogP contribution in [0.3, 0.4) is 0 Å². The fourth-order valence-electron chi connectivity index (χ4n) is 8.62. The average Bonchev–Trinajstić information content (AvgIpc) is 3.19. The second-order valence-corrected chi connectivity index (χ2v) is 19.1. The third-order valence-corrected chi connectivity index (χ3v) is 11.9. The molecule has 7 atom stereocenters. The van der Waals surface area contributed by atoms with Crippen molar-refractivity contribution in [2.45, 2.75) is 117 Å². The van der Waals surface area contributed by atoms with Gasteiger partial charge in [-0.05, 0) is 38.0 Å². The third-order valence-electron chi connectivity index (χ3n) is 10.9. The maximum atomic E-state index is 14.8. The van der Waals surface area contributed by atoms with E-state index >= 15 is 0 Å². The van der Waals surface area contributed by atoms with Crippen molar-refractivity contribution in [3.63, 3.8) is 0 Å². The van der Waals surface area contributed by atoms with Gasteiger partial charge in [0.2, 0.25) is 0 Å². The number of carbonyl (C=O) groups is 1. The second-order valence-electron chi connectivity index (χ2n) is 15.4. The van der Waals surface area contributed by atoms with Crippen LogP contribution in [0.25, 0.3) is 11.0 Å². The van der Waals surface area contributed by atoms with E-state index in [1.54, 1.807) is 0 Å². The summed E-state index contributed by atoms with van der Waals surface area (Å²) in [6.07, 6.45) is 14.3. The van der Waals surface area contributed by atoms with Crippen LogP contribution in [-0.4, -0.2) is 93.2 Å². The number of piperidine rings is 1. The first-order chi connectivity index (χ1) is 22.9. The number of fused-ring (bicyclic) bond motifs is 3. The summed E-state index contributed by atoms with van der Waals surface area (Å²) >= 11 is 0.759. The van der Waals surface area contributed by atoms with Crippen LogP contribution in [0, 0.1) is 23.2 Å². The number of rotatable bonds is 13. The zero-order chi connectivity index (χ0) is 34.6. The molecule has 3 aliphatic rings. The number of hydrogen-bond acceptors (Lipinski definition) is 8. The zero-order valence-corrected chi connectivity index (χ0v) is 35.5. The zero-order valence-electron chi connectivity index (χ0n) is 29.8. The third kappa shape index (κ3) is 8.60. The molecule has 48 heavy (non-hydrogen) atoms. The molecule has 0 amide bonds. The van der Waals surface area contributed by atoms with Crippen molar-refractivity contribution < 1.29 is 14.2 Å². The van der Waals surface area contributed by atoms with Crippen molar-refractivity contribution in [1.82, 2.24) is 17.2 Å². The van der Waals surface area contributed by atoms with Crippen molar-refractivity contribution in [2.24, 2.45) is 28.3 Å². The number of benzene rings is 1. The Bertz CT molecular complexity index is 1530. The Morgan fingerprint density at radius 1 is 1.10 bits per heavy atom. The SMILES string of the molecule is CCC1CC=CCC(N2C3CCC2CC(n2c(=O)c(/C(=N/OCC(C)C[N](C)[Tl])C(C)CC(C)(C)C(=O)OP)nc4ccccc42)C3)C1. The second kappa shape index (κ2) is 16.6. The quantitative estimate of drug-likeness (QED) is 0.0752. The van der Waals surface area contributed by atoms with E-state index in [0.29, 0.717) is 42.6 Å². The number of nitrogens with zero attached hydrogens (tertiary/aromatic N) is 5. The predicted octanol–water partition coefficient (Wildman–Crippen LogP) is 6.46. The van der Waals surface area contributed by atoms with Crippen LogP contribution >= 0.6 is 9.47 Å². The van der Waals surface area contributed by atoms with Gasteiger partial charge in [0.25, 0.3) is 0 Å². The van der Waals surface area contributed by atoms with Crippen molar-refractivity contribution in [2.75, 3.05) is 20.2 Å². The molecular weight excluding hydrogens is 814 g/mol. The number of allylic oxidation sites excluding steroid dienone is 1. The van der Waals surface area contributed by atoms with E-state index in [9.17, 15) is 9.59 Å². The van der Waals surface area contributed by atoms with Gasteiger partial charge in [0.1, 0.15) is 0 Å². The molecule has 2 aliphatic heterocycles. The molecule has 5 rings (SSSR count). The van der Waals surface area contributed by atoms with Gasteiger partial charge in [-0.1, -0.05) is 31.6 Å². The smallest absolute Gasteiger partial charge is 0.0341 e. The summed E-state index contributed by atoms with van der Waals surface area (Å²) in [5.41, 5.74) is 1.55. The van der Waals surface area contributed by atoms with Gasteiger partial charge in [-0.3, -0.25) is 4.90 Å². The molecule has 2 saturated heterocycles. The molecule has 1 aromatic heterocycles. The van der Waals surface area contributed by atoms with Crippen LogP contribution < -0.4 is 5.56 Å². The molecule has 2 aromatic rings. The Morgan fingerprint density at radius 3 is 2.46 bits per heavy atom. The van der Waals surface area contributed by atoms with E-state index in [4.69, 9.17) is 14.3 Å². The molecule has 1 aromatic carbocycles. The minimum atomic E-state index is -0.794. The number of para-hydroxylation sites is 2.